The fourth-order valence-corrected chi connectivity index (χ4v) is 3.48. The third-order valence-corrected chi connectivity index (χ3v) is 5.32. The minimum absolute atomic E-state index is 0.283. The van der Waals surface area contributed by atoms with E-state index < -0.39 is 11.7 Å². The summed E-state index contributed by atoms with van der Waals surface area (Å²) in [6.07, 6.45) is 0. The summed E-state index contributed by atoms with van der Waals surface area (Å²) in [5.41, 5.74) is 3.04. The van der Waals surface area contributed by atoms with Crippen molar-refractivity contribution in [1.82, 2.24) is 0 Å². The lowest BCUT2D eigenvalue weighted by Crippen LogP contribution is -2.22. The number of hydrogen-bond donors (Lipinski definition) is 2. The van der Waals surface area contributed by atoms with E-state index in [0.717, 1.165) is 21.9 Å². The predicted octanol–water partition coefficient (Wildman–Crippen LogP) is 5.87. The van der Waals surface area contributed by atoms with Crippen LogP contribution in [-0.4, -0.2) is 18.4 Å². The largest absolute Gasteiger partial charge is 0.483 e. The number of nitrogens with one attached hydrogen (secondary N) is 2. The van der Waals surface area contributed by atoms with Gasteiger partial charge in [0, 0.05) is 11.4 Å². The van der Waals surface area contributed by atoms with Gasteiger partial charge in [-0.25, -0.2) is 4.39 Å². The molecule has 0 spiro atoms. The van der Waals surface area contributed by atoms with Gasteiger partial charge in [-0.2, -0.15) is 0 Å². The lowest BCUT2D eigenvalue weighted by atomic mass is 10.0. The highest BCUT2D eigenvalue weighted by Gasteiger charge is 2.17. The van der Waals surface area contributed by atoms with Crippen molar-refractivity contribution in [1.29, 1.82) is 0 Å². The summed E-state index contributed by atoms with van der Waals surface area (Å²) >= 11 is 0. The van der Waals surface area contributed by atoms with Gasteiger partial charge in [-0.3, -0.25) is 9.59 Å². The van der Waals surface area contributed by atoms with Gasteiger partial charge in [-0.1, -0.05) is 48.5 Å². The lowest BCUT2D eigenvalue weighted by Gasteiger charge is -2.15. The molecular formula is C27H23FN2O3. The zero-order valence-corrected chi connectivity index (χ0v) is 18.3. The summed E-state index contributed by atoms with van der Waals surface area (Å²) in [6.45, 7) is 3.35. The van der Waals surface area contributed by atoms with Crippen LogP contribution in [0.1, 0.15) is 21.5 Å². The molecule has 0 aliphatic rings. The molecule has 0 fully saturated rings. The van der Waals surface area contributed by atoms with Gasteiger partial charge in [0.2, 0.25) is 0 Å². The first kappa shape index (κ1) is 22.0. The van der Waals surface area contributed by atoms with Gasteiger partial charge >= 0.3 is 0 Å². The van der Waals surface area contributed by atoms with Crippen LogP contribution in [0.25, 0.3) is 10.8 Å². The summed E-state index contributed by atoms with van der Waals surface area (Å²) in [5, 5.41) is 7.31. The van der Waals surface area contributed by atoms with Crippen molar-refractivity contribution in [3.8, 4) is 5.75 Å². The number of rotatable bonds is 6. The molecule has 0 unspecified atom stereocenters. The van der Waals surface area contributed by atoms with Gasteiger partial charge in [0.1, 0.15) is 11.6 Å². The van der Waals surface area contributed by atoms with E-state index in [1.165, 1.54) is 12.1 Å². The lowest BCUT2D eigenvalue weighted by molar-refractivity contribution is -0.118. The van der Waals surface area contributed by atoms with E-state index in [0.29, 0.717) is 16.9 Å². The molecule has 4 rings (SSSR count). The number of halogens is 1. The minimum Gasteiger partial charge on any atom is -0.483 e. The Morgan fingerprint density at radius 1 is 0.788 bits per heavy atom. The van der Waals surface area contributed by atoms with Crippen LogP contribution in [0.2, 0.25) is 0 Å². The zero-order chi connectivity index (χ0) is 23.4. The van der Waals surface area contributed by atoms with Gasteiger partial charge in [0.25, 0.3) is 11.8 Å². The van der Waals surface area contributed by atoms with Crippen LogP contribution in [-0.2, 0) is 4.79 Å². The smallest absolute Gasteiger partial charge is 0.262 e. The number of para-hydroxylation sites is 1. The average Bonchev–Trinajstić information content (AvgIpc) is 2.81. The highest BCUT2D eigenvalue weighted by Crippen LogP contribution is 2.28. The highest BCUT2D eigenvalue weighted by molar-refractivity contribution is 6.09. The van der Waals surface area contributed by atoms with Gasteiger partial charge in [0.15, 0.2) is 6.61 Å². The predicted molar refractivity (Wildman–Crippen MR) is 128 cm³/mol. The van der Waals surface area contributed by atoms with Crippen LogP contribution in [0.5, 0.6) is 5.75 Å². The van der Waals surface area contributed by atoms with E-state index in [4.69, 9.17) is 4.74 Å². The maximum Gasteiger partial charge on any atom is 0.262 e. The summed E-state index contributed by atoms with van der Waals surface area (Å²) in [5.74, 6) is -0.957. The summed E-state index contributed by atoms with van der Waals surface area (Å²) in [6, 6.07) is 22.7. The Labute approximate surface area is 191 Å². The van der Waals surface area contributed by atoms with Crippen LogP contribution < -0.4 is 15.4 Å². The van der Waals surface area contributed by atoms with Gasteiger partial charge in [0.05, 0.1) is 5.56 Å². The maximum absolute atomic E-state index is 13.5. The second kappa shape index (κ2) is 9.53. The normalized spacial score (nSPS) is 10.6. The van der Waals surface area contributed by atoms with Crippen molar-refractivity contribution in [2.45, 2.75) is 13.8 Å². The maximum atomic E-state index is 13.5. The number of anilines is 2. The Morgan fingerprint density at radius 2 is 1.45 bits per heavy atom. The molecule has 6 heteroatoms. The molecule has 0 aliphatic heterocycles. The number of aryl methyl sites for hydroxylation is 2. The fourth-order valence-electron chi connectivity index (χ4n) is 3.48. The van der Waals surface area contributed by atoms with Crippen molar-refractivity contribution in [2.24, 2.45) is 0 Å². The van der Waals surface area contributed by atoms with Crippen molar-refractivity contribution >= 4 is 34.0 Å². The monoisotopic (exact) mass is 442 g/mol. The Hall–Kier alpha value is -4.19. The quantitative estimate of drug-likeness (QED) is 0.393. The molecule has 0 heterocycles. The van der Waals surface area contributed by atoms with Crippen LogP contribution in [0.4, 0.5) is 15.8 Å². The number of ether oxygens (including phenoxy) is 1. The van der Waals surface area contributed by atoms with Crippen molar-refractivity contribution in [3.05, 3.63) is 101 Å². The van der Waals surface area contributed by atoms with Crippen LogP contribution in [0.15, 0.2) is 78.9 Å². The second-order valence-electron chi connectivity index (χ2n) is 7.76. The molecule has 4 aromatic rings. The molecule has 5 nitrogen and oxygen atoms in total. The van der Waals surface area contributed by atoms with Gasteiger partial charge in [-0.15, -0.1) is 0 Å². The Bertz CT molecular complexity index is 1350. The Balaban J connectivity index is 1.58. The molecule has 0 saturated carbocycles. The third kappa shape index (κ3) is 5.18. The number of hydrogen-bond acceptors (Lipinski definition) is 3. The molecule has 4 aromatic carbocycles. The molecule has 2 N–H and O–H groups in total. The van der Waals surface area contributed by atoms with Crippen LogP contribution in [0.3, 0.4) is 0 Å². The molecule has 0 radical (unpaired) electrons. The standard InChI is InChI=1S/C27H23FN2O3/c1-17-7-3-6-10-23(17)30-27(32)22-13-19-8-4-5-9-20(19)14-25(22)33-16-26(31)29-24-15-21(28)12-11-18(24)2/h3-15H,16H2,1-2H3,(H,29,31)(H,30,32). The van der Waals surface area contributed by atoms with E-state index in [1.807, 2.05) is 55.5 Å². The van der Waals surface area contributed by atoms with E-state index in [9.17, 15) is 14.0 Å². The highest BCUT2D eigenvalue weighted by atomic mass is 19.1. The van der Waals surface area contributed by atoms with Crippen molar-refractivity contribution < 1.29 is 18.7 Å². The number of fused-ring (bicyclic) bond motifs is 1. The van der Waals surface area contributed by atoms with Crippen molar-refractivity contribution in [3.63, 3.8) is 0 Å². The van der Waals surface area contributed by atoms with Gasteiger partial charge in [-0.05, 0) is 66.1 Å². The number of amides is 2. The molecule has 2 amide bonds. The van der Waals surface area contributed by atoms with Crippen molar-refractivity contribution in [2.75, 3.05) is 17.2 Å². The fraction of sp³-hybridized carbons (Fsp3) is 0.111. The number of benzene rings is 4. The molecule has 0 bridgehead atoms. The SMILES string of the molecule is Cc1ccc(F)cc1NC(=O)COc1cc2ccccc2cc1C(=O)Nc1ccccc1C. The van der Waals surface area contributed by atoms with E-state index in [2.05, 4.69) is 10.6 Å². The number of carbonyl (C=O) groups excluding carboxylic acids is 2. The topological polar surface area (TPSA) is 67.4 Å². The summed E-state index contributed by atoms with van der Waals surface area (Å²) in [4.78, 5) is 25.6. The molecule has 0 atom stereocenters. The van der Waals surface area contributed by atoms with Crippen LogP contribution in [0, 0.1) is 19.7 Å². The average molecular weight is 442 g/mol. The Kier molecular flexibility index (Phi) is 6.36. The summed E-state index contributed by atoms with van der Waals surface area (Å²) in [7, 11) is 0. The van der Waals surface area contributed by atoms with Crippen LogP contribution >= 0.6 is 0 Å². The second-order valence-corrected chi connectivity index (χ2v) is 7.76. The van der Waals surface area contributed by atoms with E-state index in [-0.39, 0.29) is 18.3 Å². The molecule has 33 heavy (non-hydrogen) atoms. The molecule has 0 aliphatic carbocycles. The molecular weight excluding hydrogens is 419 g/mol. The van der Waals surface area contributed by atoms with E-state index >= 15 is 0 Å². The number of carbonyl (C=O) groups is 2. The summed E-state index contributed by atoms with van der Waals surface area (Å²) < 4.78 is 19.3. The minimum atomic E-state index is -0.456. The first-order valence-corrected chi connectivity index (χ1v) is 10.5. The zero-order valence-electron chi connectivity index (χ0n) is 18.3. The molecule has 0 aromatic heterocycles. The molecule has 0 saturated heterocycles. The van der Waals surface area contributed by atoms with E-state index in [1.54, 1.807) is 25.1 Å². The first-order valence-electron chi connectivity index (χ1n) is 10.5. The third-order valence-electron chi connectivity index (χ3n) is 5.32. The first-order chi connectivity index (χ1) is 15.9. The van der Waals surface area contributed by atoms with Gasteiger partial charge < -0.3 is 15.4 Å². The Morgan fingerprint density at radius 3 is 2.21 bits per heavy atom. The molecule has 166 valence electrons.